The van der Waals surface area contributed by atoms with E-state index in [9.17, 15) is 9.59 Å². The topological polar surface area (TPSA) is 52.7 Å². The monoisotopic (exact) mass is 279 g/mol. The molecule has 5 nitrogen and oxygen atoms in total. The molecule has 0 bridgehead atoms. The lowest BCUT2D eigenvalue weighted by Gasteiger charge is -2.33. The lowest BCUT2D eigenvalue weighted by molar-refractivity contribution is -0.138. The van der Waals surface area contributed by atoms with Gasteiger partial charge < -0.3 is 15.1 Å². The number of nitrogens with one attached hydrogen (secondary N) is 1. The maximum absolute atomic E-state index is 12.3. The lowest BCUT2D eigenvalue weighted by Crippen LogP contribution is -2.44. The smallest absolute Gasteiger partial charge is 0.242 e. The van der Waals surface area contributed by atoms with Gasteiger partial charge in [-0.05, 0) is 50.6 Å². The van der Waals surface area contributed by atoms with Crippen molar-refractivity contribution in [2.75, 3.05) is 39.3 Å². The Morgan fingerprint density at radius 1 is 1.15 bits per heavy atom. The van der Waals surface area contributed by atoms with E-state index < -0.39 is 0 Å². The molecule has 3 fully saturated rings. The molecule has 3 rings (SSSR count). The van der Waals surface area contributed by atoms with Crippen molar-refractivity contribution in [3.63, 3.8) is 0 Å². The van der Waals surface area contributed by atoms with Gasteiger partial charge in [0.2, 0.25) is 11.8 Å². The van der Waals surface area contributed by atoms with Crippen LogP contribution < -0.4 is 5.32 Å². The Morgan fingerprint density at radius 2 is 1.85 bits per heavy atom. The normalized spacial score (nSPS) is 26.3. The van der Waals surface area contributed by atoms with Gasteiger partial charge in [0.15, 0.2) is 0 Å². The zero-order chi connectivity index (χ0) is 14.0. The van der Waals surface area contributed by atoms with Crippen molar-refractivity contribution < 1.29 is 9.59 Å². The fourth-order valence-corrected chi connectivity index (χ4v) is 3.82. The third kappa shape index (κ3) is 2.82. The summed E-state index contributed by atoms with van der Waals surface area (Å²) in [6, 6.07) is 0. The molecule has 5 heteroatoms. The highest BCUT2D eigenvalue weighted by atomic mass is 16.2. The van der Waals surface area contributed by atoms with Crippen LogP contribution in [0.25, 0.3) is 0 Å². The van der Waals surface area contributed by atoms with Gasteiger partial charge in [0.1, 0.15) is 0 Å². The molecule has 3 aliphatic rings. The van der Waals surface area contributed by atoms with Crippen molar-refractivity contribution in [3.05, 3.63) is 0 Å². The van der Waals surface area contributed by atoms with Gasteiger partial charge in [-0.2, -0.15) is 0 Å². The zero-order valence-corrected chi connectivity index (χ0v) is 12.2. The standard InChI is InChI=1S/C15H25N3O2/c19-13-10-15(4-6-16-7-5-15)12-18(13)11-14(20)17-8-2-1-3-9-17/h16H,1-12H2. The number of amides is 2. The van der Waals surface area contributed by atoms with Crippen LogP contribution >= 0.6 is 0 Å². The average molecular weight is 279 g/mol. The number of rotatable bonds is 2. The van der Waals surface area contributed by atoms with E-state index in [1.54, 1.807) is 0 Å². The summed E-state index contributed by atoms with van der Waals surface area (Å²) in [6.45, 7) is 4.83. The summed E-state index contributed by atoms with van der Waals surface area (Å²) in [5, 5.41) is 3.35. The third-order valence-electron chi connectivity index (χ3n) is 5.10. The lowest BCUT2D eigenvalue weighted by atomic mass is 9.78. The van der Waals surface area contributed by atoms with Crippen LogP contribution in [0.5, 0.6) is 0 Å². The predicted octanol–water partition coefficient (Wildman–Crippen LogP) is 0.601. The minimum absolute atomic E-state index is 0.143. The Hall–Kier alpha value is -1.10. The van der Waals surface area contributed by atoms with Crippen LogP contribution in [0.3, 0.4) is 0 Å². The van der Waals surface area contributed by atoms with E-state index in [0.717, 1.165) is 58.4 Å². The predicted molar refractivity (Wildman–Crippen MR) is 76.2 cm³/mol. The first-order valence-corrected chi connectivity index (χ1v) is 7.95. The quantitative estimate of drug-likeness (QED) is 0.805. The number of hydrogen-bond donors (Lipinski definition) is 1. The first-order chi connectivity index (χ1) is 9.69. The van der Waals surface area contributed by atoms with Crippen LogP contribution in [0, 0.1) is 5.41 Å². The molecule has 0 aliphatic carbocycles. The molecule has 0 radical (unpaired) electrons. The largest absolute Gasteiger partial charge is 0.341 e. The molecule has 112 valence electrons. The molecular formula is C15H25N3O2. The van der Waals surface area contributed by atoms with Crippen molar-refractivity contribution in [2.24, 2.45) is 5.41 Å². The van der Waals surface area contributed by atoms with Crippen LogP contribution in [0.15, 0.2) is 0 Å². The number of likely N-dealkylation sites (tertiary alicyclic amines) is 2. The maximum atomic E-state index is 12.3. The van der Waals surface area contributed by atoms with Crippen molar-refractivity contribution in [3.8, 4) is 0 Å². The molecule has 0 saturated carbocycles. The minimum atomic E-state index is 0.143. The van der Waals surface area contributed by atoms with E-state index in [-0.39, 0.29) is 17.2 Å². The second-order valence-electron chi connectivity index (χ2n) is 6.62. The molecule has 0 aromatic rings. The summed E-state index contributed by atoms with van der Waals surface area (Å²) >= 11 is 0. The molecule has 3 aliphatic heterocycles. The number of piperidine rings is 2. The molecular weight excluding hydrogens is 254 g/mol. The van der Waals surface area contributed by atoms with Gasteiger partial charge >= 0.3 is 0 Å². The van der Waals surface area contributed by atoms with E-state index in [0.29, 0.717) is 13.0 Å². The summed E-state index contributed by atoms with van der Waals surface area (Å²) in [5.74, 6) is 0.321. The molecule has 3 heterocycles. The molecule has 0 unspecified atom stereocenters. The van der Waals surface area contributed by atoms with E-state index in [1.165, 1.54) is 6.42 Å². The Morgan fingerprint density at radius 3 is 2.55 bits per heavy atom. The van der Waals surface area contributed by atoms with Crippen LogP contribution in [-0.2, 0) is 9.59 Å². The van der Waals surface area contributed by atoms with E-state index in [4.69, 9.17) is 0 Å². The Kier molecular flexibility index (Phi) is 3.96. The number of carbonyl (C=O) groups is 2. The number of nitrogens with zero attached hydrogens (tertiary/aromatic N) is 2. The van der Waals surface area contributed by atoms with Gasteiger partial charge in [-0.3, -0.25) is 9.59 Å². The Labute approximate surface area is 120 Å². The fourth-order valence-electron chi connectivity index (χ4n) is 3.82. The highest BCUT2D eigenvalue weighted by molar-refractivity contribution is 5.86. The second kappa shape index (κ2) is 5.72. The van der Waals surface area contributed by atoms with Crippen LogP contribution in [0.1, 0.15) is 38.5 Å². The van der Waals surface area contributed by atoms with E-state index >= 15 is 0 Å². The van der Waals surface area contributed by atoms with E-state index in [2.05, 4.69) is 5.32 Å². The van der Waals surface area contributed by atoms with Gasteiger partial charge in [0.25, 0.3) is 0 Å². The first-order valence-electron chi connectivity index (χ1n) is 7.95. The highest BCUT2D eigenvalue weighted by Gasteiger charge is 2.44. The summed E-state index contributed by atoms with van der Waals surface area (Å²) < 4.78 is 0. The maximum Gasteiger partial charge on any atom is 0.242 e. The molecule has 0 atom stereocenters. The first kappa shape index (κ1) is 13.9. The number of hydrogen-bond acceptors (Lipinski definition) is 3. The SMILES string of the molecule is O=C(CN1CC2(CCNCC2)CC1=O)N1CCCCC1. The second-order valence-corrected chi connectivity index (χ2v) is 6.62. The van der Waals surface area contributed by atoms with Crippen molar-refractivity contribution in [1.82, 2.24) is 15.1 Å². The Bertz CT molecular complexity index is 385. The molecule has 20 heavy (non-hydrogen) atoms. The summed E-state index contributed by atoms with van der Waals surface area (Å²) in [7, 11) is 0. The summed E-state index contributed by atoms with van der Waals surface area (Å²) in [5.41, 5.74) is 0.143. The molecule has 0 aromatic carbocycles. The number of carbonyl (C=O) groups excluding carboxylic acids is 2. The van der Waals surface area contributed by atoms with Crippen LogP contribution in [0.4, 0.5) is 0 Å². The molecule has 1 N–H and O–H groups in total. The molecule has 1 spiro atoms. The van der Waals surface area contributed by atoms with Gasteiger partial charge in [-0.1, -0.05) is 0 Å². The van der Waals surface area contributed by atoms with Gasteiger partial charge in [0, 0.05) is 26.1 Å². The van der Waals surface area contributed by atoms with E-state index in [1.807, 2.05) is 9.80 Å². The third-order valence-corrected chi connectivity index (χ3v) is 5.10. The fraction of sp³-hybridized carbons (Fsp3) is 0.867. The summed E-state index contributed by atoms with van der Waals surface area (Å²) in [6.07, 6.45) is 6.20. The van der Waals surface area contributed by atoms with Crippen molar-refractivity contribution >= 4 is 11.8 Å². The van der Waals surface area contributed by atoms with Gasteiger partial charge in [-0.25, -0.2) is 0 Å². The van der Waals surface area contributed by atoms with Crippen LogP contribution in [-0.4, -0.2) is 60.9 Å². The molecule has 2 amide bonds. The van der Waals surface area contributed by atoms with Crippen molar-refractivity contribution in [2.45, 2.75) is 38.5 Å². The Balaban J connectivity index is 1.57. The van der Waals surface area contributed by atoms with Crippen LogP contribution in [0.2, 0.25) is 0 Å². The van der Waals surface area contributed by atoms with Crippen molar-refractivity contribution in [1.29, 1.82) is 0 Å². The summed E-state index contributed by atoms with van der Waals surface area (Å²) in [4.78, 5) is 28.2. The van der Waals surface area contributed by atoms with Gasteiger partial charge in [-0.15, -0.1) is 0 Å². The molecule has 0 aromatic heterocycles. The average Bonchev–Trinajstić information content (AvgIpc) is 2.76. The van der Waals surface area contributed by atoms with Gasteiger partial charge in [0.05, 0.1) is 6.54 Å². The molecule has 3 saturated heterocycles. The highest BCUT2D eigenvalue weighted by Crippen LogP contribution is 2.39. The zero-order valence-electron chi connectivity index (χ0n) is 12.2. The minimum Gasteiger partial charge on any atom is -0.341 e.